The highest BCUT2D eigenvalue weighted by atomic mass is 16.5. The van der Waals surface area contributed by atoms with Gasteiger partial charge in [0.25, 0.3) is 0 Å². The highest BCUT2D eigenvalue weighted by Gasteiger charge is 2.11. The number of nitrogen functional groups attached to an aromatic ring is 1. The standard InChI is InChI=1S/C13H19N3O3/c1-2-19-13(18)10-8-9(5-6-11(10)14)16-7-3-4-12(15)17/h5-6,8,16H,2-4,7,14H2,1H3,(H2,15,17). The molecule has 0 saturated heterocycles. The molecule has 0 unspecified atom stereocenters. The fourth-order valence-electron chi connectivity index (χ4n) is 1.55. The van der Waals surface area contributed by atoms with Crippen molar-refractivity contribution in [1.29, 1.82) is 0 Å². The highest BCUT2D eigenvalue weighted by molar-refractivity contribution is 5.96. The van der Waals surface area contributed by atoms with Crippen LogP contribution in [0.25, 0.3) is 0 Å². The fourth-order valence-corrected chi connectivity index (χ4v) is 1.55. The number of primary amides is 1. The molecule has 6 heteroatoms. The minimum Gasteiger partial charge on any atom is -0.462 e. The van der Waals surface area contributed by atoms with Gasteiger partial charge in [0, 0.05) is 24.3 Å². The third-order valence-electron chi connectivity index (χ3n) is 2.48. The van der Waals surface area contributed by atoms with Gasteiger partial charge in [0.15, 0.2) is 0 Å². The van der Waals surface area contributed by atoms with Crippen molar-refractivity contribution in [2.75, 3.05) is 24.2 Å². The molecule has 1 rings (SSSR count). The van der Waals surface area contributed by atoms with Crippen LogP contribution in [0.1, 0.15) is 30.1 Å². The number of esters is 1. The Morgan fingerprint density at radius 2 is 2.11 bits per heavy atom. The molecular weight excluding hydrogens is 246 g/mol. The maximum Gasteiger partial charge on any atom is 0.340 e. The highest BCUT2D eigenvalue weighted by Crippen LogP contribution is 2.19. The molecule has 0 atom stereocenters. The molecular formula is C13H19N3O3. The third-order valence-corrected chi connectivity index (χ3v) is 2.48. The Morgan fingerprint density at radius 1 is 1.37 bits per heavy atom. The molecule has 104 valence electrons. The van der Waals surface area contributed by atoms with Gasteiger partial charge in [0.05, 0.1) is 12.2 Å². The summed E-state index contributed by atoms with van der Waals surface area (Å²) in [6.07, 6.45) is 0.959. The molecule has 19 heavy (non-hydrogen) atoms. The van der Waals surface area contributed by atoms with Gasteiger partial charge >= 0.3 is 5.97 Å². The second-order valence-electron chi connectivity index (χ2n) is 4.02. The van der Waals surface area contributed by atoms with Crippen LogP contribution < -0.4 is 16.8 Å². The molecule has 0 spiro atoms. The Labute approximate surface area is 112 Å². The van der Waals surface area contributed by atoms with Crippen molar-refractivity contribution in [3.8, 4) is 0 Å². The molecule has 0 aliphatic heterocycles. The lowest BCUT2D eigenvalue weighted by Gasteiger charge is -2.10. The molecule has 0 radical (unpaired) electrons. The number of anilines is 2. The molecule has 0 aliphatic rings. The first-order valence-electron chi connectivity index (χ1n) is 6.13. The van der Waals surface area contributed by atoms with Crippen LogP contribution in [0, 0.1) is 0 Å². The minimum atomic E-state index is -0.444. The molecule has 1 aromatic carbocycles. The monoisotopic (exact) mass is 265 g/mol. The van der Waals surface area contributed by atoms with Gasteiger partial charge in [-0.1, -0.05) is 0 Å². The summed E-state index contributed by atoms with van der Waals surface area (Å²) in [4.78, 5) is 22.2. The number of carbonyl (C=O) groups excluding carboxylic acids is 2. The summed E-state index contributed by atoms with van der Waals surface area (Å²) in [7, 11) is 0. The van der Waals surface area contributed by atoms with Crippen molar-refractivity contribution in [2.45, 2.75) is 19.8 Å². The molecule has 0 fully saturated rings. The summed E-state index contributed by atoms with van der Waals surface area (Å²) in [6.45, 7) is 2.63. The summed E-state index contributed by atoms with van der Waals surface area (Å²) in [6, 6.07) is 5.04. The van der Waals surface area contributed by atoms with Gasteiger partial charge in [-0.3, -0.25) is 4.79 Å². The lowest BCUT2D eigenvalue weighted by Crippen LogP contribution is -2.13. The average molecular weight is 265 g/mol. The van der Waals surface area contributed by atoms with E-state index >= 15 is 0 Å². The SMILES string of the molecule is CCOC(=O)c1cc(NCCCC(N)=O)ccc1N. The number of rotatable bonds is 7. The zero-order chi connectivity index (χ0) is 14.3. The Kier molecular flexibility index (Phi) is 5.66. The van der Waals surface area contributed by atoms with Crippen molar-refractivity contribution < 1.29 is 14.3 Å². The van der Waals surface area contributed by atoms with E-state index in [1.54, 1.807) is 25.1 Å². The van der Waals surface area contributed by atoms with Crippen molar-refractivity contribution in [2.24, 2.45) is 5.73 Å². The average Bonchev–Trinajstić information content (AvgIpc) is 2.36. The van der Waals surface area contributed by atoms with Gasteiger partial charge in [-0.05, 0) is 31.5 Å². The molecule has 0 aliphatic carbocycles. The summed E-state index contributed by atoms with van der Waals surface area (Å²) in [5.74, 6) is -0.771. The topological polar surface area (TPSA) is 107 Å². The van der Waals surface area contributed by atoms with Crippen LogP contribution in [-0.2, 0) is 9.53 Å². The van der Waals surface area contributed by atoms with E-state index in [-0.39, 0.29) is 5.91 Å². The first-order valence-corrected chi connectivity index (χ1v) is 6.13. The lowest BCUT2D eigenvalue weighted by molar-refractivity contribution is -0.118. The van der Waals surface area contributed by atoms with Crippen LogP contribution in [0.3, 0.4) is 0 Å². The van der Waals surface area contributed by atoms with Crippen LogP contribution in [0.15, 0.2) is 18.2 Å². The zero-order valence-electron chi connectivity index (χ0n) is 10.9. The molecule has 5 N–H and O–H groups in total. The smallest absolute Gasteiger partial charge is 0.340 e. The number of carbonyl (C=O) groups is 2. The van der Waals surface area contributed by atoms with Crippen molar-refractivity contribution in [3.63, 3.8) is 0 Å². The van der Waals surface area contributed by atoms with Crippen molar-refractivity contribution in [1.82, 2.24) is 0 Å². The summed E-state index contributed by atoms with van der Waals surface area (Å²) >= 11 is 0. The molecule has 0 saturated carbocycles. The largest absolute Gasteiger partial charge is 0.462 e. The van der Waals surface area contributed by atoms with Gasteiger partial charge in [0.1, 0.15) is 0 Å². The molecule has 1 amide bonds. The summed E-state index contributed by atoms with van der Waals surface area (Å²) in [5.41, 5.74) is 12.2. The van der Waals surface area contributed by atoms with Gasteiger partial charge in [-0.15, -0.1) is 0 Å². The fraction of sp³-hybridized carbons (Fsp3) is 0.385. The number of ether oxygens (including phenoxy) is 1. The number of benzene rings is 1. The number of nitrogens with two attached hydrogens (primary N) is 2. The van der Waals surface area contributed by atoms with E-state index in [2.05, 4.69) is 5.32 Å². The van der Waals surface area contributed by atoms with Crippen LogP contribution in [0.5, 0.6) is 0 Å². The first-order chi connectivity index (χ1) is 9.04. The molecule has 0 heterocycles. The minimum absolute atomic E-state index is 0.300. The maximum atomic E-state index is 11.6. The van der Waals surface area contributed by atoms with E-state index in [4.69, 9.17) is 16.2 Å². The molecule has 6 nitrogen and oxygen atoms in total. The van der Waals surface area contributed by atoms with Gasteiger partial charge in [-0.2, -0.15) is 0 Å². The Balaban J connectivity index is 2.63. The quantitative estimate of drug-likeness (QED) is 0.389. The molecule has 0 bridgehead atoms. The van der Waals surface area contributed by atoms with E-state index in [1.807, 2.05) is 0 Å². The van der Waals surface area contributed by atoms with Crippen LogP contribution in [-0.4, -0.2) is 25.0 Å². The zero-order valence-corrected chi connectivity index (χ0v) is 10.9. The second-order valence-corrected chi connectivity index (χ2v) is 4.02. The number of amides is 1. The predicted octanol–water partition coefficient (Wildman–Crippen LogP) is 1.12. The van der Waals surface area contributed by atoms with E-state index in [1.165, 1.54) is 0 Å². The number of nitrogens with one attached hydrogen (secondary N) is 1. The number of hydrogen-bond acceptors (Lipinski definition) is 5. The van der Waals surface area contributed by atoms with Crippen molar-refractivity contribution in [3.05, 3.63) is 23.8 Å². The Bertz CT molecular complexity index is 460. The normalized spacial score (nSPS) is 9.95. The predicted molar refractivity (Wildman–Crippen MR) is 73.7 cm³/mol. The summed E-state index contributed by atoms with van der Waals surface area (Å²) < 4.78 is 4.91. The third kappa shape index (κ3) is 4.87. The lowest BCUT2D eigenvalue weighted by atomic mass is 10.1. The van der Waals surface area contributed by atoms with Crippen LogP contribution in [0.4, 0.5) is 11.4 Å². The van der Waals surface area contributed by atoms with Gasteiger partial charge < -0.3 is 21.5 Å². The second kappa shape index (κ2) is 7.25. The molecule has 0 aromatic heterocycles. The van der Waals surface area contributed by atoms with E-state index < -0.39 is 5.97 Å². The maximum absolute atomic E-state index is 11.6. The van der Waals surface area contributed by atoms with E-state index in [0.717, 1.165) is 5.69 Å². The first kappa shape index (κ1) is 14.8. The van der Waals surface area contributed by atoms with E-state index in [0.29, 0.717) is 37.2 Å². The van der Waals surface area contributed by atoms with Gasteiger partial charge in [-0.25, -0.2) is 4.79 Å². The van der Waals surface area contributed by atoms with Crippen molar-refractivity contribution >= 4 is 23.3 Å². The summed E-state index contributed by atoms with van der Waals surface area (Å²) in [5, 5.41) is 3.09. The van der Waals surface area contributed by atoms with E-state index in [9.17, 15) is 9.59 Å². The van der Waals surface area contributed by atoms with Crippen LogP contribution in [0.2, 0.25) is 0 Å². The molecule has 1 aromatic rings. The van der Waals surface area contributed by atoms with Gasteiger partial charge in [0.2, 0.25) is 5.91 Å². The Hall–Kier alpha value is -2.24. The Morgan fingerprint density at radius 3 is 2.74 bits per heavy atom. The van der Waals surface area contributed by atoms with Crippen LogP contribution >= 0.6 is 0 Å². The number of hydrogen-bond donors (Lipinski definition) is 3.